The Labute approximate surface area is 143 Å². The van der Waals surface area contributed by atoms with Gasteiger partial charge in [0.1, 0.15) is 0 Å². The summed E-state index contributed by atoms with van der Waals surface area (Å²) < 4.78 is 5.35. The van der Waals surface area contributed by atoms with Gasteiger partial charge in [-0.25, -0.2) is 0 Å². The van der Waals surface area contributed by atoms with E-state index in [1.165, 1.54) is 32.5 Å². The number of aliphatic imine (C=N–C) groups is 1. The fourth-order valence-corrected chi connectivity index (χ4v) is 2.79. The highest BCUT2D eigenvalue weighted by Gasteiger charge is 2.14. The Bertz CT molecular complexity index is 301. The molecule has 1 aliphatic rings. The molecule has 0 amide bonds. The second kappa shape index (κ2) is 13.6. The minimum absolute atomic E-state index is 0.813. The minimum Gasteiger partial charge on any atom is -0.382 e. The number of piperidine rings is 1. The number of rotatable bonds is 11. The molecule has 0 bridgehead atoms. The average molecular weight is 327 g/mol. The van der Waals surface area contributed by atoms with E-state index in [0.717, 1.165) is 64.0 Å². The normalized spacial score (nSPS) is 17.4. The van der Waals surface area contributed by atoms with E-state index < -0.39 is 0 Å². The van der Waals surface area contributed by atoms with Gasteiger partial charge in [0.2, 0.25) is 0 Å². The zero-order valence-corrected chi connectivity index (χ0v) is 15.6. The molecule has 0 radical (unpaired) electrons. The summed E-state index contributed by atoms with van der Waals surface area (Å²) in [7, 11) is 0. The number of nitrogens with zero attached hydrogens (tertiary/aromatic N) is 2. The summed E-state index contributed by atoms with van der Waals surface area (Å²) in [6.45, 7) is 14.7. The maximum atomic E-state index is 5.35. The summed E-state index contributed by atoms with van der Waals surface area (Å²) in [4.78, 5) is 7.27. The molecule has 1 fully saturated rings. The van der Waals surface area contributed by atoms with Crippen LogP contribution in [0.25, 0.3) is 0 Å². The number of likely N-dealkylation sites (tertiary alicyclic amines) is 1. The lowest BCUT2D eigenvalue weighted by molar-refractivity contribution is 0.143. The predicted molar refractivity (Wildman–Crippen MR) is 99.2 cm³/mol. The van der Waals surface area contributed by atoms with E-state index in [1.807, 2.05) is 6.92 Å². The topological polar surface area (TPSA) is 48.9 Å². The van der Waals surface area contributed by atoms with Gasteiger partial charge in [-0.2, -0.15) is 0 Å². The van der Waals surface area contributed by atoms with Gasteiger partial charge in [0, 0.05) is 32.8 Å². The molecule has 0 unspecified atom stereocenters. The monoisotopic (exact) mass is 326 g/mol. The highest BCUT2D eigenvalue weighted by Crippen LogP contribution is 2.15. The number of guanidine groups is 1. The molecule has 136 valence electrons. The third-order valence-electron chi connectivity index (χ3n) is 4.33. The summed E-state index contributed by atoms with van der Waals surface area (Å²) in [6, 6.07) is 0. The number of ether oxygens (including phenoxy) is 1. The van der Waals surface area contributed by atoms with Gasteiger partial charge < -0.3 is 20.3 Å². The van der Waals surface area contributed by atoms with Crippen molar-refractivity contribution in [2.45, 2.75) is 52.9 Å². The summed E-state index contributed by atoms with van der Waals surface area (Å²) in [5, 5.41) is 6.73. The molecule has 0 aromatic rings. The van der Waals surface area contributed by atoms with Crippen molar-refractivity contribution in [1.82, 2.24) is 15.5 Å². The maximum Gasteiger partial charge on any atom is 0.191 e. The molecular weight excluding hydrogens is 288 g/mol. The van der Waals surface area contributed by atoms with Gasteiger partial charge in [-0.05, 0) is 71.5 Å². The second-order valence-electron chi connectivity index (χ2n) is 6.47. The van der Waals surface area contributed by atoms with Crippen LogP contribution >= 0.6 is 0 Å². The Balaban J connectivity index is 2.10. The van der Waals surface area contributed by atoms with Crippen molar-refractivity contribution in [2.75, 3.05) is 52.5 Å². The van der Waals surface area contributed by atoms with Crippen molar-refractivity contribution >= 4 is 5.96 Å². The SMILES string of the molecule is CCNC(=NCCCN1CCC(C)CC1)NCCCCOCC. The number of hydrogen-bond acceptors (Lipinski definition) is 3. The van der Waals surface area contributed by atoms with Crippen molar-refractivity contribution in [3.8, 4) is 0 Å². The lowest BCUT2D eigenvalue weighted by atomic mass is 9.99. The lowest BCUT2D eigenvalue weighted by Gasteiger charge is -2.29. The lowest BCUT2D eigenvalue weighted by Crippen LogP contribution is -2.38. The van der Waals surface area contributed by atoms with Crippen molar-refractivity contribution < 1.29 is 4.74 Å². The Morgan fingerprint density at radius 2 is 1.91 bits per heavy atom. The predicted octanol–water partition coefficient (Wildman–Crippen LogP) is 2.48. The Kier molecular flexibility index (Phi) is 12.0. The van der Waals surface area contributed by atoms with Crippen LogP contribution in [0.5, 0.6) is 0 Å². The molecule has 1 rings (SSSR count). The van der Waals surface area contributed by atoms with Crippen LogP contribution in [-0.4, -0.2) is 63.3 Å². The molecule has 1 heterocycles. The van der Waals surface area contributed by atoms with Crippen molar-refractivity contribution in [3.05, 3.63) is 0 Å². The zero-order chi connectivity index (χ0) is 16.8. The van der Waals surface area contributed by atoms with Crippen LogP contribution in [0.15, 0.2) is 4.99 Å². The van der Waals surface area contributed by atoms with Crippen LogP contribution in [-0.2, 0) is 4.74 Å². The van der Waals surface area contributed by atoms with Crippen LogP contribution in [0.3, 0.4) is 0 Å². The molecule has 1 saturated heterocycles. The number of unbranched alkanes of at least 4 members (excludes halogenated alkanes) is 1. The molecule has 0 aromatic heterocycles. The molecule has 0 atom stereocenters. The van der Waals surface area contributed by atoms with E-state index >= 15 is 0 Å². The summed E-state index contributed by atoms with van der Waals surface area (Å²) in [6.07, 6.45) is 6.09. The minimum atomic E-state index is 0.813. The van der Waals surface area contributed by atoms with Crippen molar-refractivity contribution in [3.63, 3.8) is 0 Å². The van der Waals surface area contributed by atoms with Gasteiger partial charge in [0.25, 0.3) is 0 Å². The molecule has 23 heavy (non-hydrogen) atoms. The van der Waals surface area contributed by atoms with E-state index in [2.05, 4.69) is 34.4 Å². The first-order valence-corrected chi connectivity index (χ1v) is 9.58. The molecule has 0 spiro atoms. The van der Waals surface area contributed by atoms with Crippen LogP contribution in [0.2, 0.25) is 0 Å². The van der Waals surface area contributed by atoms with Crippen LogP contribution < -0.4 is 10.6 Å². The van der Waals surface area contributed by atoms with Gasteiger partial charge in [-0.15, -0.1) is 0 Å². The van der Waals surface area contributed by atoms with E-state index in [0.29, 0.717) is 0 Å². The van der Waals surface area contributed by atoms with Crippen molar-refractivity contribution in [2.24, 2.45) is 10.9 Å². The summed E-state index contributed by atoms with van der Waals surface area (Å²) in [5.74, 6) is 1.87. The molecule has 0 aliphatic carbocycles. The van der Waals surface area contributed by atoms with Crippen LogP contribution in [0, 0.1) is 5.92 Å². The molecule has 2 N–H and O–H groups in total. The largest absolute Gasteiger partial charge is 0.382 e. The van der Waals surface area contributed by atoms with E-state index in [9.17, 15) is 0 Å². The van der Waals surface area contributed by atoms with E-state index in [1.54, 1.807) is 0 Å². The first-order chi connectivity index (χ1) is 11.3. The van der Waals surface area contributed by atoms with E-state index in [-0.39, 0.29) is 0 Å². The zero-order valence-electron chi connectivity index (χ0n) is 15.6. The van der Waals surface area contributed by atoms with Gasteiger partial charge >= 0.3 is 0 Å². The summed E-state index contributed by atoms with van der Waals surface area (Å²) in [5.41, 5.74) is 0. The fourth-order valence-electron chi connectivity index (χ4n) is 2.79. The van der Waals surface area contributed by atoms with Gasteiger partial charge in [-0.1, -0.05) is 6.92 Å². The molecular formula is C18H38N4O. The van der Waals surface area contributed by atoms with Crippen LogP contribution in [0.1, 0.15) is 52.9 Å². The first-order valence-electron chi connectivity index (χ1n) is 9.58. The molecule has 0 aromatic carbocycles. The highest BCUT2D eigenvalue weighted by atomic mass is 16.5. The Morgan fingerprint density at radius 3 is 2.61 bits per heavy atom. The number of hydrogen-bond donors (Lipinski definition) is 2. The quantitative estimate of drug-likeness (QED) is 0.348. The van der Waals surface area contributed by atoms with Crippen LogP contribution in [0.4, 0.5) is 0 Å². The number of nitrogens with one attached hydrogen (secondary N) is 2. The van der Waals surface area contributed by atoms with E-state index in [4.69, 9.17) is 4.74 Å². The summed E-state index contributed by atoms with van der Waals surface area (Å²) >= 11 is 0. The molecule has 1 aliphatic heterocycles. The third kappa shape index (κ3) is 10.6. The molecule has 5 heteroatoms. The molecule has 0 saturated carbocycles. The third-order valence-corrected chi connectivity index (χ3v) is 4.33. The average Bonchev–Trinajstić information content (AvgIpc) is 2.56. The maximum absolute atomic E-state index is 5.35. The smallest absolute Gasteiger partial charge is 0.191 e. The Morgan fingerprint density at radius 1 is 1.13 bits per heavy atom. The molecule has 5 nitrogen and oxygen atoms in total. The second-order valence-corrected chi connectivity index (χ2v) is 6.47. The Hall–Kier alpha value is -0.810. The fraction of sp³-hybridized carbons (Fsp3) is 0.944. The van der Waals surface area contributed by atoms with Gasteiger partial charge in [0.05, 0.1) is 0 Å². The highest BCUT2D eigenvalue weighted by molar-refractivity contribution is 5.79. The standard InChI is InChI=1S/C18H38N4O/c1-4-19-18(20-11-6-7-16-23-5-2)21-12-8-13-22-14-9-17(3)10-15-22/h17H,4-16H2,1-3H3,(H2,19,20,21). The van der Waals surface area contributed by atoms with Gasteiger partial charge in [-0.3, -0.25) is 4.99 Å². The van der Waals surface area contributed by atoms with Gasteiger partial charge in [0.15, 0.2) is 5.96 Å². The first kappa shape index (κ1) is 20.2. The van der Waals surface area contributed by atoms with Crippen molar-refractivity contribution in [1.29, 1.82) is 0 Å².